The summed E-state index contributed by atoms with van der Waals surface area (Å²) in [7, 11) is 0. The molecule has 20 heavy (non-hydrogen) atoms. The number of hydrogen-bond acceptors (Lipinski definition) is 3. The van der Waals surface area contributed by atoms with Crippen LogP contribution in [0, 0.1) is 0 Å². The van der Waals surface area contributed by atoms with Crippen molar-refractivity contribution in [3.05, 3.63) is 39.2 Å². The highest BCUT2D eigenvalue weighted by Crippen LogP contribution is 2.32. The van der Waals surface area contributed by atoms with Crippen molar-refractivity contribution >= 4 is 11.3 Å². The molecule has 1 aromatic heterocycles. The molecule has 0 fully saturated rings. The summed E-state index contributed by atoms with van der Waals surface area (Å²) >= 11 is 1.83. The molecule has 0 aliphatic heterocycles. The summed E-state index contributed by atoms with van der Waals surface area (Å²) in [5.41, 5.74) is 11.3. The van der Waals surface area contributed by atoms with Gasteiger partial charge < -0.3 is 5.73 Å². The summed E-state index contributed by atoms with van der Waals surface area (Å²) in [6, 6.07) is 6.92. The first-order chi connectivity index (χ1) is 9.81. The fraction of sp³-hybridized carbons (Fsp3) is 0.471. The summed E-state index contributed by atoms with van der Waals surface area (Å²) in [4.78, 5) is 6.18. The highest BCUT2D eigenvalue weighted by molar-refractivity contribution is 7.12. The minimum Gasteiger partial charge on any atom is -0.330 e. The molecule has 2 aromatic rings. The predicted octanol–water partition coefficient (Wildman–Crippen LogP) is 3.75. The maximum absolute atomic E-state index is 5.75. The quantitative estimate of drug-likeness (QED) is 0.929. The van der Waals surface area contributed by atoms with Crippen LogP contribution in [0.15, 0.2) is 18.2 Å². The SMILES string of the molecule is CCc1nc(-c2ccc3c(c2)CCCC3)c(CCN)s1. The van der Waals surface area contributed by atoms with Crippen LogP contribution < -0.4 is 5.73 Å². The summed E-state index contributed by atoms with van der Waals surface area (Å²) in [5.74, 6) is 0. The zero-order valence-corrected chi connectivity index (χ0v) is 12.9. The molecule has 3 heteroatoms. The molecule has 0 unspecified atom stereocenters. The van der Waals surface area contributed by atoms with Crippen LogP contribution in [0.1, 0.15) is 40.8 Å². The Morgan fingerprint density at radius 1 is 1.20 bits per heavy atom. The number of hydrogen-bond donors (Lipinski definition) is 1. The maximum atomic E-state index is 5.75. The van der Waals surface area contributed by atoms with E-state index in [4.69, 9.17) is 10.7 Å². The number of nitrogens with zero attached hydrogens (tertiary/aromatic N) is 1. The van der Waals surface area contributed by atoms with Crippen LogP contribution in [-0.2, 0) is 25.7 Å². The van der Waals surface area contributed by atoms with Gasteiger partial charge in [0.1, 0.15) is 0 Å². The lowest BCUT2D eigenvalue weighted by molar-refractivity contribution is 0.686. The molecular formula is C17H22N2S. The normalized spacial score (nSPS) is 14.3. The Morgan fingerprint density at radius 2 is 2.00 bits per heavy atom. The number of rotatable bonds is 4. The second-order valence-electron chi connectivity index (χ2n) is 5.46. The molecule has 2 N–H and O–H groups in total. The molecule has 0 amide bonds. The zero-order chi connectivity index (χ0) is 13.9. The largest absolute Gasteiger partial charge is 0.330 e. The van der Waals surface area contributed by atoms with Crippen LogP contribution >= 0.6 is 11.3 Å². The lowest BCUT2D eigenvalue weighted by atomic mass is 9.90. The standard InChI is InChI=1S/C17H22N2S/c1-2-16-19-17(15(20-16)9-10-18)14-8-7-12-5-3-4-6-13(12)11-14/h7-8,11H,2-6,9-10,18H2,1H3. The van der Waals surface area contributed by atoms with Gasteiger partial charge in [-0.3, -0.25) is 0 Å². The van der Waals surface area contributed by atoms with Crippen molar-refractivity contribution in [2.45, 2.75) is 45.4 Å². The Kier molecular flexibility index (Phi) is 4.18. The van der Waals surface area contributed by atoms with Crippen molar-refractivity contribution in [1.82, 2.24) is 4.98 Å². The Hall–Kier alpha value is -1.19. The Bertz CT molecular complexity index is 601. The first-order valence-electron chi connectivity index (χ1n) is 7.62. The number of thiazole rings is 1. The number of fused-ring (bicyclic) bond motifs is 1. The van der Waals surface area contributed by atoms with Crippen molar-refractivity contribution in [1.29, 1.82) is 0 Å². The van der Waals surface area contributed by atoms with E-state index >= 15 is 0 Å². The predicted molar refractivity (Wildman–Crippen MR) is 86.3 cm³/mol. The molecule has 3 rings (SSSR count). The average Bonchev–Trinajstić information content (AvgIpc) is 2.90. The number of aromatic nitrogens is 1. The molecule has 0 saturated carbocycles. The van der Waals surface area contributed by atoms with Gasteiger partial charge in [-0.1, -0.05) is 19.1 Å². The Morgan fingerprint density at radius 3 is 2.75 bits per heavy atom. The second-order valence-corrected chi connectivity index (χ2v) is 6.63. The first-order valence-corrected chi connectivity index (χ1v) is 8.44. The molecule has 1 heterocycles. The van der Waals surface area contributed by atoms with Crippen LogP contribution in [0.2, 0.25) is 0 Å². The smallest absolute Gasteiger partial charge is 0.0932 e. The third kappa shape index (κ3) is 2.65. The minimum absolute atomic E-state index is 0.698. The van der Waals surface area contributed by atoms with Gasteiger partial charge in [-0.05, 0) is 62.3 Å². The van der Waals surface area contributed by atoms with Crippen molar-refractivity contribution < 1.29 is 0 Å². The minimum atomic E-state index is 0.698. The van der Waals surface area contributed by atoms with Crippen LogP contribution in [0.5, 0.6) is 0 Å². The van der Waals surface area contributed by atoms with E-state index in [9.17, 15) is 0 Å². The van der Waals surface area contributed by atoms with Gasteiger partial charge in [0, 0.05) is 10.4 Å². The van der Waals surface area contributed by atoms with Crippen molar-refractivity contribution in [2.75, 3.05) is 6.54 Å². The monoisotopic (exact) mass is 286 g/mol. The molecule has 106 valence electrons. The Labute approximate surface area is 125 Å². The zero-order valence-electron chi connectivity index (χ0n) is 12.1. The number of aryl methyl sites for hydroxylation is 3. The lowest BCUT2D eigenvalue weighted by Crippen LogP contribution is -2.04. The highest BCUT2D eigenvalue weighted by atomic mass is 32.1. The van der Waals surface area contributed by atoms with E-state index in [0.717, 1.165) is 12.8 Å². The van der Waals surface area contributed by atoms with Crippen LogP contribution in [0.25, 0.3) is 11.3 Å². The molecule has 0 bridgehead atoms. The van der Waals surface area contributed by atoms with Crippen LogP contribution in [-0.4, -0.2) is 11.5 Å². The highest BCUT2D eigenvalue weighted by Gasteiger charge is 2.15. The van der Waals surface area contributed by atoms with Gasteiger partial charge in [0.25, 0.3) is 0 Å². The van der Waals surface area contributed by atoms with Crippen molar-refractivity contribution in [3.63, 3.8) is 0 Å². The van der Waals surface area contributed by atoms with Gasteiger partial charge in [0.15, 0.2) is 0 Å². The summed E-state index contributed by atoms with van der Waals surface area (Å²) in [5, 5.41) is 1.22. The van der Waals surface area contributed by atoms with E-state index < -0.39 is 0 Å². The summed E-state index contributed by atoms with van der Waals surface area (Å²) in [6.07, 6.45) is 7.06. The van der Waals surface area contributed by atoms with E-state index in [2.05, 4.69) is 25.1 Å². The van der Waals surface area contributed by atoms with E-state index in [-0.39, 0.29) is 0 Å². The number of benzene rings is 1. The van der Waals surface area contributed by atoms with E-state index in [1.807, 2.05) is 11.3 Å². The fourth-order valence-corrected chi connectivity index (χ4v) is 4.00. The summed E-state index contributed by atoms with van der Waals surface area (Å²) < 4.78 is 0. The third-order valence-electron chi connectivity index (χ3n) is 4.04. The van der Waals surface area contributed by atoms with Gasteiger partial charge in [-0.2, -0.15) is 0 Å². The molecule has 1 aromatic carbocycles. The Balaban J connectivity index is 2.01. The van der Waals surface area contributed by atoms with E-state index in [1.165, 1.54) is 58.0 Å². The van der Waals surface area contributed by atoms with E-state index in [1.54, 1.807) is 0 Å². The molecule has 0 atom stereocenters. The van der Waals surface area contributed by atoms with Crippen LogP contribution in [0.4, 0.5) is 0 Å². The molecule has 0 spiro atoms. The fourth-order valence-electron chi connectivity index (χ4n) is 2.96. The van der Waals surface area contributed by atoms with Gasteiger partial charge in [-0.15, -0.1) is 11.3 Å². The van der Waals surface area contributed by atoms with Crippen LogP contribution in [0.3, 0.4) is 0 Å². The molecular weight excluding hydrogens is 264 g/mol. The van der Waals surface area contributed by atoms with Gasteiger partial charge >= 0.3 is 0 Å². The maximum Gasteiger partial charge on any atom is 0.0932 e. The van der Waals surface area contributed by atoms with E-state index in [0.29, 0.717) is 6.54 Å². The molecule has 1 aliphatic rings. The first kappa shape index (κ1) is 13.8. The van der Waals surface area contributed by atoms with Gasteiger partial charge in [0.2, 0.25) is 0 Å². The van der Waals surface area contributed by atoms with Gasteiger partial charge in [-0.25, -0.2) is 4.98 Å². The number of nitrogens with two attached hydrogens (primary N) is 1. The second kappa shape index (κ2) is 6.06. The lowest BCUT2D eigenvalue weighted by Gasteiger charge is -2.16. The molecule has 1 aliphatic carbocycles. The molecule has 0 radical (unpaired) electrons. The molecule has 0 saturated heterocycles. The van der Waals surface area contributed by atoms with Crippen molar-refractivity contribution in [3.8, 4) is 11.3 Å². The average molecular weight is 286 g/mol. The summed E-state index contributed by atoms with van der Waals surface area (Å²) in [6.45, 7) is 2.87. The van der Waals surface area contributed by atoms with Gasteiger partial charge in [0.05, 0.1) is 10.7 Å². The topological polar surface area (TPSA) is 38.9 Å². The molecule has 2 nitrogen and oxygen atoms in total. The third-order valence-corrected chi connectivity index (χ3v) is 5.30. The van der Waals surface area contributed by atoms with Crippen molar-refractivity contribution in [2.24, 2.45) is 5.73 Å².